The predicted molar refractivity (Wildman–Crippen MR) is 72.8 cm³/mol. The molecule has 0 atom stereocenters. The normalized spacial score (nSPS) is 11.9. The molecule has 0 fully saturated rings. The van der Waals surface area contributed by atoms with Crippen molar-refractivity contribution in [2.45, 2.75) is 32.7 Å². The van der Waals surface area contributed by atoms with Crippen molar-refractivity contribution in [1.82, 2.24) is 4.90 Å². The number of likely N-dealkylation sites (N-methyl/N-ethyl adjacent to an activating group) is 1. The summed E-state index contributed by atoms with van der Waals surface area (Å²) >= 11 is 6.01. The molecule has 0 aliphatic heterocycles. The average Bonchev–Trinajstić information content (AvgIpc) is 2.29. The largest absolute Gasteiger partial charge is 0.294 e. The Balaban J connectivity index is 2.77. The van der Waals surface area contributed by atoms with E-state index in [1.165, 1.54) is 0 Å². The number of carbonyl (C=O) groups excluding carboxylic acids is 1. The second-order valence-electron chi connectivity index (χ2n) is 4.93. The van der Waals surface area contributed by atoms with Crippen LogP contribution in [0.3, 0.4) is 0 Å². The van der Waals surface area contributed by atoms with Gasteiger partial charge in [-0.1, -0.05) is 30.7 Å². The number of hydrogen-bond acceptors (Lipinski definition) is 2. The molecule has 0 amide bonds. The summed E-state index contributed by atoms with van der Waals surface area (Å²) in [6.07, 6.45) is 0.999. The van der Waals surface area contributed by atoms with Gasteiger partial charge in [0.15, 0.2) is 5.78 Å². The topological polar surface area (TPSA) is 20.3 Å². The highest BCUT2D eigenvalue weighted by Gasteiger charge is 2.23. The fourth-order valence-corrected chi connectivity index (χ4v) is 1.71. The van der Waals surface area contributed by atoms with E-state index in [1.807, 2.05) is 19.2 Å². The molecule has 0 aromatic heterocycles. The lowest BCUT2D eigenvalue weighted by atomic mass is 9.99. The summed E-state index contributed by atoms with van der Waals surface area (Å²) in [6, 6.07) is 7.19. The second-order valence-corrected chi connectivity index (χ2v) is 5.33. The third-order valence-corrected chi connectivity index (χ3v) is 3.78. The van der Waals surface area contributed by atoms with Crippen molar-refractivity contribution in [3.8, 4) is 0 Å². The minimum absolute atomic E-state index is 0.0247. The van der Waals surface area contributed by atoms with Crippen LogP contribution in [0.4, 0.5) is 0 Å². The number of nitrogens with zero attached hydrogens (tertiary/aromatic N) is 1. The molecule has 1 rings (SSSR count). The van der Waals surface area contributed by atoms with Crippen LogP contribution in [0.1, 0.15) is 37.6 Å². The molecular weight excluding hydrogens is 234 g/mol. The maximum atomic E-state index is 12.1. The van der Waals surface area contributed by atoms with Gasteiger partial charge in [-0.15, -0.1) is 0 Å². The van der Waals surface area contributed by atoms with E-state index in [1.54, 1.807) is 12.1 Å². The maximum Gasteiger partial charge on any atom is 0.178 e. The van der Waals surface area contributed by atoms with Gasteiger partial charge in [-0.3, -0.25) is 9.69 Å². The summed E-state index contributed by atoms with van der Waals surface area (Å²) in [5.74, 6) is 0.0691. The molecule has 0 aliphatic carbocycles. The molecule has 2 nitrogen and oxygen atoms in total. The van der Waals surface area contributed by atoms with Gasteiger partial charge in [0.1, 0.15) is 0 Å². The fraction of sp³-hybridized carbons (Fsp3) is 0.500. The zero-order chi connectivity index (χ0) is 13.1. The summed E-state index contributed by atoms with van der Waals surface area (Å²) in [5.41, 5.74) is 0.629. The van der Waals surface area contributed by atoms with E-state index in [0.717, 1.165) is 6.42 Å². The Morgan fingerprint density at radius 1 is 1.35 bits per heavy atom. The highest BCUT2D eigenvalue weighted by molar-refractivity contribution is 6.34. The highest BCUT2D eigenvalue weighted by atomic mass is 35.5. The van der Waals surface area contributed by atoms with Crippen LogP contribution in [0.25, 0.3) is 0 Å². The van der Waals surface area contributed by atoms with E-state index in [9.17, 15) is 4.79 Å². The highest BCUT2D eigenvalue weighted by Crippen LogP contribution is 2.19. The van der Waals surface area contributed by atoms with Gasteiger partial charge in [0, 0.05) is 11.1 Å². The van der Waals surface area contributed by atoms with E-state index in [0.29, 0.717) is 17.1 Å². The number of carbonyl (C=O) groups is 1. The summed E-state index contributed by atoms with van der Waals surface area (Å²) in [4.78, 5) is 14.2. The van der Waals surface area contributed by atoms with Gasteiger partial charge in [-0.25, -0.2) is 0 Å². The van der Waals surface area contributed by atoms with E-state index >= 15 is 0 Å². The van der Waals surface area contributed by atoms with E-state index in [-0.39, 0.29) is 11.3 Å². The summed E-state index contributed by atoms with van der Waals surface area (Å²) in [6.45, 7) is 6.78. The SMILES string of the molecule is CCC(C)(C)N(C)CC(=O)c1ccccc1Cl. The lowest BCUT2D eigenvalue weighted by Crippen LogP contribution is -2.43. The van der Waals surface area contributed by atoms with Crippen LogP contribution >= 0.6 is 11.6 Å². The number of rotatable bonds is 5. The van der Waals surface area contributed by atoms with Crippen molar-refractivity contribution < 1.29 is 4.79 Å². The van der Waals surface area contributed by atoms with Crippen LogP contribution in [0.5, 0.6) is 0 Å². The monoisotopic (exact) mass is 253 g/mol. The molecule has 1 aromatic carbocycles. The van der Waals surface area contributed by atoms with Crippen molar-refractivity contribution in [1.29, 1.82) is 0 Å². The Kier molecular flexibility index (Phi) is 4.72. The third-order valence-electron chi connectivity index (χ3n) is 3.45. The van der Waals surface area contributed by atoms with Gasteiger partial charge in [0.2, 0.25) is 0 Å². The van der Waals surface area contributed by atoms with Crippen LogP contribution in [-0.4, -0.2) is 29.8 Å². The Labute approximate surface area is 109 Å². The first-order chi connectivity index (χ1) is 7.88. The molecule has 17 heavy (non-hydrogen) atoms. The number of ketones is 1. The molecule has 3 heteroatoms. The number of benzene rings is 1. The molecule has 0 N–H and O–H groups in total. The van der Waals surface area contributed by atoms with Crippen LogP contribution in [0.2, 0.25) is 5.02 Å². The molecule has 0 radical (unpaired) electrons. The predicted octanol–water partition coefficient (Wildman–Crippen LogP) is 3.64. The molecule has 0 bridgehead atoms. The standard InChI is InChI=1S/C14H20ClNO/c1-5-14(2,3)16(4)10-13(17)11-8-6-7-9-12(11)15/h6-9H,5,10H2,1-4H3. The van der Waals surface area contributed by atoms with Crippen LogP contribution in [-0.2, 0) is 0 Å². The average molecular weight is 254 g/mol. The minimum atomic E-state index is 0.0247. The molecular formula is C14H20ClNO. The third kappa shape index (κ3) is 3.55. The van der Waals surface area contributed by atoms with Crippen molar-refractivity contribution in [2.24, 2.45) is 0 Å². The lowest BCUT2D eigenvalue weighted by molar-refractivity contribution is 0.0847. The van der Waals surface area contributed by atoms with Crippen molar-refractivity contribution in [3.63, 3.8) is 0 Å². The van der Waals surface area contributed by atoms with Crippen molar-refractivity contribution in [2.75, 3.05) is 13.6 Å². The number of hydrogen-bond donors (Lipinski definition) is 0. The number of Topliss-reactive ketones (excluding diaryl/α,β-unsaturated/α-hetero) is 1. The fourth-order valence-electron chi connectivity index (χ4n) is 1.47. The Morgan fingerprint density at radius 2 is 1.94 bits per heavy atom. The van der Waals surface area contributed by atoms with E-state index in [4.69, 9.17) is 11.6 Å². The van der Waals surface area contributed by atoms with Gasteiger partial charge in [0.25, 0.3) is 0 Å². The molecule has 0 saturated heterocycles. The first kappa shape index (κ1) is 14.2. The Morgan fingerprint density at radius 3 is 2.47 bits per heavy atom. The summed E-state index contributed by atoms with van der Waals surface area (Å²) in [5, 5.41) is 0.528. The maximum absolute atomic E-state index is 12.1. The summed E-state index contributed by atoms with van der Waals surface area (Å²) in [7, 11) is 1.97. The van der Waals surface area contributed by atoms with Gasteiger partial charge >= 0.3 is 0 Å². The van der Waals surface area contributed by atoms with Gasteiger partial charge in [-0.2, -0.15) is 0 Å². The zero-order valence-corrected chi connectivity index (χ0v) is 11.7. The Bertz CT molecular complexity index is 401. The van der Waals surface area contributed by atoms with Crippen LogP contribution < -0.4 is 0 Å². The second kappa shape index (κ2) is 5.65. The Hall–Kier alpha value is -0.860. The molecule has 0 spiro atoms. The zero-order valence-electron chi connectivity index (χ0n) is 11.0. The van der Waals surface area contributed by atoms with Gasteiger partial charge in [0.05, 0.1) is 11.6 Å². The molecule has 0 aliphatic rings. The smallest absolute Gasteiger partial charge is 0.178 e. The minimum Gasteiger partial charge on any atom is -0.294 e. The molecule has 1 aromatic rings. The summed E-state index contributed by atoms with van der Waals surface area (Å²) < 4.78 is 0. The van der Waals surface area contributed by atoms with E-state index < -0.39 is 0 Å². The van der Waals surface area contributed by atoms with E-state index in [2.05, 4.69) is 25.7 Å². The van der Waals surface area contributed by atoms with Crippen LogP contribution in [0, 0.1) is 0 Å². The van der Waals surface area contributed by atoms with Crippen LogP contribution in [0.15, 0.2) is 24.3 Å². The van der Waals surface area contributed by atoms with Crippen molar-refractivity contribution >= 4 is 17.4 Å². The number of halogens is 1. The first-order valence-electron chi connectivity index (χ1n) is 5.87. The molecule has 0 saturated carbocycles. The van der Waals surface area contributed by atoms with Gasteiger partial charge in [-0.05, 0) is 39.4 Å². The quantitative estimate of drug-likeness (QED) is 0.747. The van der Waals surface area contributed by atoms with Crippen molar-refractivity contribution in [3.05, 3.63) is 34.9 Å². The van der Waals surface area contributed by atoms with Gasteiger partial charge < -0.3 is 0 Å². The molecule has 0 unspecified atom stereocenters. The molecule has 0 heterocycles. The first-order valence-corrected chi connectivity index (χ1v) is 6.25. The molecule has 94 valence electrons. The lowest BCUT2D eigenvalue weighted by Gasteiger charge is -2.34.